The molecule has 1 nitrogen and oxygen atoms in total. The van der Waals surface area contributed by atoms with E-state index in [9.17, 15) is 0 Å². The van der Waals surface area contributed by atoms with Crippen LogP contribution in [0.3, 0.4) is 0 Å². The summed E-state index contributed by atoms with van der Waals surface area (Å²) in [4.78, 5) is 4.11. The smallest absolute Gasteiger partial charge is 0.0566 e. The molecule has 0 aliphatic carbocycles. The number of unbranched alkanes of at least 4 members (excludes halogenated alkanes) is 1. The molecule has 0 amide bonds. The van der Waals surface area contributed by atoms with Crippen LogP contribution in [0.15, 0.2) is 17.1 Å². The lowest BCUT2D eigenvalue weighted by Crippen LogP contribution is -1.89. The molecule has 0 spiro atoms. The Bertz CT molecular complexity index is 136. The van der Waals surface area contributed by atoms with E-state index in [0.29, 0.717) is 0 Å². The Kier molecular flexibility index (Phi) is 8.09. The molecule has 1 unspecified atom stereocenters. The van der Waals surface area contributed by atoms with Crippen LogP contribution in [0.2, 0.25) is 0 Å². The summed E-state index contributed by atoms with van der Waals surface area (Å²) < 4.78 is 0. The van der Waals surface area contributed by atoms with Crippen molar-refractivity contribution in [2.45, 2.75) is 40.0 Å². The van der Waals surface area contributed by atoms with Crippen LogP contribution in [0.1, 0.15) is 40.0 Å². The van der Waals surface area contributed by atoms with E-state index in [-0.39, 0.29) is 0 Å². The molecule has 0 saturated carbocycles. The standard InChI is InChI=1S/C11H21N/c1-4-6-8-11(3)9-7-10-12-5-2/h5,7,9,11H,4,6,8,10H2,1-3H3. The van der Waals surface area contributed by atoms with Gasteiger partial charge in [0.25, 0.3) is 0 Å². The van der Waals surface area contributed by atoms with Crippen molar-refractivity contribution in [2.24, 2.45) is 10.9 Å². The Morgan fingerprint density at radius 1 is 1.42 bits per heavy atom. The van der Waals surface area contributed by atoms with E-state index in [1.807, 2.05) is 13.1 Å². The molecule has 0 rings (SSSR count). The van der Waals surface area contributed by atoms with Gasteiger partial charge in [-0.15, -0.1) is 0 Å². The molecule has 0 aliphatic rings. The highest BCUT2D eigenvalue weighted by Crippen LogP contribution is 2.08. The molecule has 0 aromatic carbocycles. The van der Waals surface area contributed by atoms with Crippen molar-refractivity contribution in [3.8, 4) is 0 Å². The zero-order valence-electron chi connectivity index (χ0n) is 8.59. The third-order valence-corrected chi connectivity index (χ3v) is 1.87. The third kappa shape index (κ3) is 7.52. The minimum Gasteiger partial charge on any atom is -0.294 e. The maximum atomic E-state index is 4.11. The summed E-state index contributed by atoms with van der Waals surface area (Å²) >= 11 is 0. The lowest BCUT2D eigenvalue weighted by Gasteiger charge is -2.02. The van der Waals surface area contributed by atoms with E-state index in [4.69, 9.17) is 0 Å². The molecule has 70 valence electrons. The highest BCUT2D eigenvalue weighted by Gasteiger charge is 1.93. The zero-order valence-corrected chi connectivity index (χ0v) is 8.59. The van der Waals surface area contributed by atoms with Crippen molar-refractivity contribution in [3.05, 3.63) is 12.2 Å². The van der Waals surface area contributed by atoms with Gasteiger partial charge in [0.15, 0.2) is 0 Å². The Morgan fingerprint density at radius 2 is 2.17 bits per heavy atom. The van der Waals surface area contributed by atoms with E-state index < -0.39 is 0 Å². The van der Waals surface area contributed by atoms with Gasteiger partial charge in [0.1, 0.15) is 0 Å². The fraction of sp³-hybridized carbons (Fsp3) is 0.727. The molecule has 1 atom stereocenters. The van der Waals surface area contributed by atoms with Gasteiger partial charge in [-0.25, -0.2) is 0 Å². The van der Waals surface area contributed by atoms with Crippen molar-refractivity contribution in [1.29, 1.82) is 0 Å². The zero-order chi connectivity index (χ0) is 9.23. The first-order chi connectivity index (χ1) is 5.81. The van der Waals surface area contributed by atoms with Crippen LogP contribution in [0.5, 0.6) is 0 Å². The van der Waals surface area contributed by atoms with Gasteiger partial charge in [0, 0.05) is 0 Å². The van der Waals surface area contributed by atoms with Gasteiger partial charge in [-0.2, -0.15) is 0 Å². The molecular weight excluding hydrogens is 146 g/mol. The summed E-state index contributed by atoms with van der Waals surface area (Å²) in [6.07, 6.45) is 10.2. The molecule has 0 radical (unpaired) electrons. The molecule has 12 heavy (non-hydrogen) atoms. The maximum Gasteiger partial charge on any atom is 0.0566 e. The predicted molar refractivity (Wildman–Crippen MR) is 56.9 cm³/mol. The van der Waals surface area contributed by atoms with Gasteiger partial charge >= 0.3 is 0 Å². The average Bonchev–Trinajstić information content (AvgIpc) is 2.09. The lowest BCUT2D eigenvalue weighted by molar-refractivity contribution is 0.597. The highest BCUT2D eigenvalue weighted by atomic mass is 14.7. The molecule has 0 heterocycles. The van der Waals surface area contributed by atoms with Crippen LogP contribution >= 0.6 is 0 Å². The number of aliphatic imine (C=N–C) groups is 1. The Labute approximate surface area is 76.6 Å². The highest BCUT2D eigenvalue weighted by molar-refractivity contribution is 5.53. The minimum atomic E-state index is 0.719. The SMILES string of the molecule is CC=NCC=CC(C)CCCC. The van der Waals surface area contributed by atoms with E-state index >= 15 is 0 Å². The first kappa shape index (κ1) is 11.4. The van der Waals surface area contributed by atoms with Crippen molar-refractivity contribution in [2.75, 3.05) is 6.54 Å². The number of hydrogen-bond acceptors (Lipinski definition) is 1. The van der Waals surface area contributed by atoms with E-state index in [1.54, 1.807) is 0 Å². The van der Waals surface area contributed by atoms with Crippen LogP contribution in [0.4, 0.5) is 0 Å². The van der Waals surface area contributed by atoms with Gasteiger partial charge in [-0.3, -0.25) is 4.99 Å². The summed E-state index contributed by atoms with van der Waals surface area (Å²) in [7, 11) is 0. The largest absolute Gasteiger partial charge is 0.294 e. The van der Waals surface area contributed by atoms with Gasteiger partial charge in [-0.1, -0.05) is 38.8 Å². The number of hydrogen-bond donors (Lipinski definition) is 0. The Hall–Kier alpha value is -0.590. The molecule has 0 bridgehead atoms. The molecule has 0 aromatic heterocycles. The summed E-state index contributed by atoms with van der Waals surface area (Å²) in [5.41, 5.74) is 0. The maximum absolute atomic E-state index is 4.11. The topological polar surface area (TPSA) is 12.4 Å². The van der Waals surface area contributed by atoms with Crippen molar-refractivity contribution in [3.63, 3.8) is 0 Å². The van der Waals surface area contributed by atoms with Gasteiger partial charge < -0.3 is 0 Å². The number of allylic oxidation sites excluding steroid dienone is 1. The normalized spacial score (nSPS) is 14.6. The van der Waals surface area contributed by atoms with Crippen molar-refractivity contribution < 1.29 is 0 Å². The Morgan fingerprint density at radius 3 is 2.75 bits per heavy atom. The van der Waals surface area contributed by atoms with Crippen LogP contribution < -0.4 is 0 Å². The van der Waals surface area contributed by atoms with Gasteiger partial charge in [0.05, 0.1) is 6.54 Å². The fourth-order valence-corrected chi connectivity index (χ4v) is 1.08. The summed E-state index contributed by atoms with van der Waals surface area (Å²) in [5.74, 6) is 0.719. The van der Waals surface area contributed by atoms with Crippen LogP contribution in [-0.2, 0) is 0 Å². The quantitative estimate of drug-likeness (QED) is 0.424. The van der Waals surface area contributed by atoms with Crippen LogP contribution in [0.25, 0.3) is 0 Å². The van der Waals surface area contributed by atoms with Crippen molar-refractivity contribution >= 4 is 6.21 Å². The third-order valence-electron chi connectivity index (χ3n) is 1.87. The second-order valence-corrected chi connectivity index (χ2v) is 3.17. The van der Waals surface area contributed by atoms with Gasteiger partial charge in [-0.05, 0) is 25.5 Å². The summed E-state index contributed by atoms with van der Waals surface area (Å²) in [5, 5.41) is 0. The molecule has 0 aliphatic heterocycles. The Balaban J connectivity index is 3.39. The number of nitrogens with zero attached hydrogens (tertiary/aromatic N) is 1. The van der Waals surface area contributed by atoms with Gasteiger partial charge in [0.2, 0.25) is 0 Å². The molecular formula is C11H21N. The summed E-state index contributed by atoms with van der Waals surface area (Å²) in [6, 6.07) is 0. The van der Waals surface area contributed by atoms with Crippen LogP contribution in [-0.4, -0.2) is 12.8 Å². The van der Waals surface area contributed by atoms with Crippen LogP contribution in [0, 0.1) is 5.92 Å². The minimum absolute atomic E-state index is 0.719. The van der Waals surface area contributed by atoms with Crippen molar-refractivity contribution in [1.82, 2.24) is 0 Å². The molecule has 0 aromatic rings. The molecule has 0 saturated heterocycles. The fourth-order valence-electron chi connectivity index (χ4n) is 1.08. The molecule has 0 fully saturated rings. The first-order valence-electron chi connectivity index (χ1n) is 4.92. The average molecular weight is 167 g/mol. The predicted octanol–water partition coefficient (Wildman–Crippen LogP) is 3.46. The number of rotatable bonds is 6. The van der Waals surface area contributed by atoms with E-state index in [0.717, 1.165) is 12.5 Å². The van der Waals surface area contributed by atoms with E-state index in [1.165, 1.54) is 19.3 Å². The second-order valence-electron chi connectivity index (χ2n) is 3.17. The van der Waals surface area contributed by atoms with E-state index in [2.05, 4.69) is 31.0 Å². The lowest BCUT2D eigenvalue weighted by atomic mass is 10.0. The molecule has 1 heteroatoms. The monoisotopic (exact) mass is 167 g/mol. The summed E-state index contributed by atoms with van der Waals surface area (Å²) in [6.45, 7) is 7.29. The second kappa shape index (κ2) is 8.51. The first-order valence-corrected chi connectivity index (χ1v) is 4.92. The molecule has 0 N–H and O–H groups in total.